The molecule has 0 radical (unpaired) electrons. The number of aromatic nitrogens is 7. The largest absolute Gasteiger partial charge is 0.380 e. The molecule has 13 heteroatoms. The number of hydrogen-bond donors (Lipinski definition) is 1. The summed E-state index contributed by atoms with van der Waals surface area (Å²) < 4.78 is 33.5. The normalized spacial score (nSPS) is 19.0. The molecule has 1 N–H and O–H groups in total. The molecule has 3 aliphatic rings. The van der Waals surface area contributed by atoms with Crippen LogP contribution < -0.4 is 10.2 Å². The Morgan fingerprint density at radius 2 is 2.00 bits per heavy atom. The van der Waals surface area contributed by atoms with Crippen LogP contribution in [0.15, 0.2) is 36.9 Å². The van der Waals surface area contributed by atoms with Gasteiger partial charge in [0.25, 0.3) is 10.0 Å². The molecule has 0 aromatic carbocycles. The van der Waals surface area contributed by atoms with Gasteiger partial charge in [-0.05, 0) is 39.2 Å². The van der Waals surface area contributed by atoms with Gasteiger partial charge >= 0.3 is 0 Å². The summed E-state index contributed by atoms with van der Waals surface area (Å²) in [5, 5.41) is 13.0. The van der Waals surface area contributed by atoms with Crippen molar-refractivity contribution in [2.75, 3.05) is 36.5 Å². The minimum Gasteiger partial charge on any atom is -0.380 e. The van der Waals surface area contributed by atoms with Crippen molar-refractivity contribution in [1.82, 2.24) is 33.9 Å². The van der Waals surface area contributed by atoms with Crippen molar-refractivity contribution in [3.8, 4) is 11.4 Å². The number of pyridine rings is 1. The summed E-state index contributed by atoms with van der Waals surface area (Å²) in [6.45, 7) is 7.83. The summed E-state index contributed by atoms with van der Waals surface area (Å²) in [6, 6.07) is 3.92. The number of ether oxygens (including phenoxy) is 1. The molecule has 0 unspecified atom stereocenters. The Kier molecular flexibility index (Phi) is 5.24. The number of anilines is 3. The van der Waals surface area contributed by atoms with Gasteiger partial charge in [0.15, 0.2) is 11.6 Å². The summed E-state index contributed by atoms with van der Waals surface area (Å²) in [6.07, 6.45) is 8.92. The fourth-order valence-electron chi connectivity index (χ4n) is 5.23. The molecule has 4 aromatic rings. The van der Waals surface area contributed by atoms with E-state index in [2.05, 4.69) is 44.1 Å². The topological polar surface area (TPSA) is 133 Å². The predicted molar refractivity (Wildman–Crippen MR) is 142 cm³/mol. The Morgan fingerprint density at radius 1 is 1.16 bits per heavy atom. The zero-order chi connectivity index (χ0) is 26.1. The van der Waals surface area contributed by atoms with Crippen molar-refractivity contribution in [3.63, 3.8) is 0 Å². The van der Waals surface area contributed by atoms with Crippen LogP contribution in [0.1, 0.15) is 39.2 Å². The van der Waals surface area contributed by atoms with Gasteiger partial charge in [0.2, 0.25) is 0 Å². The van der Waals surface area contributed by atoms with Gasteiger partial charge < -0.3 is 15.0 Å². The van der Waals surface area contributed by atoms with Crippen LogP contribution in [0.3, 0.4) is 0 Å². The molecule has 0 amide bonds. The summed E-state index contributed by atoms with van der Waals surface area (Å²) in [5.74, 6) is 2.53. The number of rotatable bonds is 7. The smallest absolute Gasteiger partial charge is 0.256 e. The minimum atomic E-state index is -3.45. The van der Waals surface area contributed by atoms with Crippen molar-refractivity contribution in [2.45, 2.75) is 44.4 Å². The standard InChI is InChI=1S/C25H29N9O3S/c1-16(2)34-20-9-22(27-11-19(20)24(31-34)32-8-6-25(13-32)14-37-15-25)29-21-5-7-26-23(30-21)17-10-28-33(12-17)38(35,36)18-3-4-18/h5,7,9-12,16,18H,3-4,6,8,13-15H2,1-2H3,(H,26,27,29,30). The van der Waals surface area contributed by atoms with Crippen LogP contribution in [0.25, 0.3) is 22.3 Å². The van der Waals surface area contributed by atoms with Crippen molar-refractivity contribution < 1.29 is 13.2 Å². The second-order valence-electron chi connectivity index (χ2n) is 10.8. The molecule has 6 heterocycles. The van der Waals surface area contributed by atoms with Gasteiger partial charge in [-0.15, -0.1) is 0 Å². The molecule has 1 saturated carbocycles. The van der Waals surface area contributed by atoms with E-state index >= 15 is 0 Å². The van der Waals surface area contributed by atoms with E-state index in [1.54, 1.807) is 12.3 Å². The predicted octanol–water partition coefficient (Wildman–Crippen LogP) is 2.98. The second-order valence-corrected chi connectivity index (χ2v) is 12.9. The van der Waals surface area contributed by atoms with Crippen molar-refractivity contribution in [3.05, 3.63) is 36.9 Å². The first kappa shape index (κ1) is 23.5. The highest BCUT2D eigenvalue weighted by Gasteiger charge is 2.45. The van der Waals surface area contributed by atoms with Gasteiger partial charge in [-0.3, -0.25) is 4.68 Å². The van der Waals surface area contributed by atoms with Crippen LogP contribution in [-0.2, 0) is 14.8 Å². The van der Waals surface area contributed by atoms with Crippen LogP contribution in [-0.4, -0.2) is 73.9 Å². The van der Waals surface area contributed by atoms with E-state index in [0.29, 0.717) is 35.9 Å². The molecular weight excluding hydrogens is 506 g/mol. The number of nitrogens with one attached hydrogen (secondary N) is 1. The van der Waals surface area contributed by atoms with Crippen LogP contribution >= 0.6 is 0 Å². The summed E-state index contributed by atoms with van der Waals surface area (Å²) in [5.41, 5.74) is 1.80. The molecule has 7 rings (SSSR count). The fraction of sp³-hybridized carbons (Fsp3) is 0.480. The Bertz CT molecular complexity index is 1640. The van der Waals surface area contributed by atoms with E-state index in [9.17, 15) is 8.42 Å². The zero-order valence-corrected chi connectivity index (χ0v) is 22.1. The maximum atomic E-state index is 12.5. The molecule has 0 atom stereocenters. The van der Waals surface area contributed by atoms with E-state index in [0.717, 1.165) is 53.5 Å². The Hall–Kier alpha value is -3.58. The van der Waals surface area contributed by atoms with Crippen molar-refractivity contribution >= 4 is 38.4 Å². The Balaban J connectivity index is 1.16. The zero-order valence-electron chi connectivity index (χ0n) is 21.3. The molecule has 1 spiro atoms. The quantitative estimate of drug-likeness (QED) is 0.376. The average molecular weight is 536 g/mol. The van der Waals surface area contributed by atoms with Crippen LogP contribution in [0.2, 0.25) is 0 Å². The molecule has 2 saturated heterocycles. The second kappa shape index (κ2) is 8.46. The summed E-state index contributed by atoms with van der Waals surface area (Å²) in [7, 11) is -3.45. The third-order valence-corrected chi connectivity index (χ3v) is 9.59. The first-order valence-electron chi connectivity index (χ1n) is 12.9. The molecule has 1 aliphatic carbocycles. The number of fused-ring (bicyclic) bond motifs is 1. The molecule has 0 bridgehead atoms. The van der Waals surface area contributed by atoms with Crippen LogP contribution in [0, 0.1) is 5.41 Å². The van der Waals surface area contributed by atoms with Gasteiger partial charge in [-0.2, -0.15) is 14.3 Å². The highest BCUT2D eigenvalue weighted by Crippen LogP contribution is 2.41. The van der Waals surface area contributed by atoms with Gasteiger partial charge in [0.05, 0.1) is 47.3 Å². The lowest BCUT2D eigenvalue weighted by Crippen LogP contribution is -2.44. The first-order chi connectivity index (χ1) is 18.3. The van der Waals surface area contributed by atoms with Gasteiger partial charge in [-0.1, -0.05) is 0 Å². The molecule has 12 nitrogen and oxygen atoms in total. The Morgan fingerprint density at radius 3 is 2.71 bits per heavy atom. The third-order valence-electron chi connectivity index (χ3n) is 7.55. The van der Waals surface area contributed by atoms with E-state index in [1.165, 1.54) is 12.4 Å². The molecule has 3 fully saturated rings. The molecule has 198 valence electrons. The minimum absolute atomic E-state index is 0.180. The number of hydrogen-bond acceptors (Lipinski definition) is 10. The van der Waals surface area contributed by atoms with Gasteiger partial charge in [0.1, 0.15) is 11.6 Å². The highest BCUT2D eigenvalue weighted by molar-refractivity contribution is 7.90. The average Bonchev–Trinajstić information content (AvgIpc) is 3.30. The maximum absolute atomic E-state index is 12.5. The molecule has 38 heavy (non-hydrogen) atoms. The molecule has 4 aromatic heterocycles. The summed E-state index contributed by atoms with van der Waals surface area (Å²) >= 11 is 0. The van der Waals surface area contributed by atoms with E-state index < -0.39 is 10.0 Å². The lowest BCUT2D eigenvalue weighted by atomic mass is 9.85. The fourth-order valence-corrected chi connectivity index (χ4v) is 6.71. The van der Waals surface area contributed by atoms with Crippen LogP contribution in [0.5, 0.6) is 0 Å². The van der Waals surface area contributed by atoms with Crippen LogP contribution in [0.4, 0.5) is 17.5 Å². The van der Waals surface area contributed by atoms with Gasteiger partial charge in [-0.25, -0.2) is 23.4 Å². The molecular formula is C25H29N9O3S. The lowest BCUT2D eigenvalue weighted by molar-refractivity contribution is -0.0985. The maximum Gasteiger partial charge on any atom is 0.256 e. The number of nitrogens with zero attached hydrogens (tertiary/aromatic N) is 8. The van der Waals surface area contributed by atoms with Crippen molar-refractivity contribution in [1.29, 1.82) is 0 Å². The van der Waals surface area contributed by atoms with E-state index in [4.69, 9.17) is 9.84 Å². The summed E-state index contributed by atoms with van der Waals surface area (Å²) in [4.78, 5) is 15.9. The SMILES string of the molecule is CC(C)n1nc(N2CCC3(COC3)C2)c2cnc(Nc3ccnc(-c4cnn(S(=O)(=O)C5CC5)c4)n3)cc21. The van der Waals surface area contributed by atoms with Gasteiger partial charge in [0, 0.05) is 43.0 Å². The lowest BCUT2D eigenvalue weighted by Gasteiger charge is -2.37. The highest BCUT2D eigenvalue weighted by atomic mass is 32.2. The van der Waals surface area contributed by atoms with E-state index in [-0.39, 0.29) is 16.7 Å². The Labute approximate surface area is 220 Å². The van der Waals surface area contributed by atoms with E-state index in [1.807, 2.05) is 16.9 Å². The monoisotopic (exact) mass is 535 g/mol. The third kappa shape index (κ3) is 3.91. The first-order valence-corrected chi connectivity index (χ1v) is 14.4. The van der Waals surface area contributed by atoms with Crippen molar-refractivity contribution in [2.24, 2.45) is 5.41 Å². The molecule has 2 aliphatic heterocycles.